The van der Waals surface area contributed by atoms with E-state index in [1.54, 1.807) is 13.0 Å². The highest BCUT2D eigenvalue weighted by Crippen LogP contribution is 2.51. The van der Waals surface area contributed by atoms with Crippen LogP contribution >= 0.6 is 0 Å². The number of aliphatic hydroxyl groups excluding tert-OH is 2. The largest absolute Gasteiger partial charge is 0.507 e. The zero-order chi connectivity index (χ0) is 29.6. The molecule has 220 valence electrons. The van der Waals surface area contributed by atoms with Crippen molar-refractivity contribution in [3.05, 3.63) is 51.6 Å². The summed E-state index contributed by atoms with van der Waals surface area (Å²) in [6.07, 6.45) is -2.20. The first-order valence-electron chi connectivity index (χ1n) is 13.9. The molecular formula is C30H35NO10. The summed E-state index contributed by atoms with van der Waals surface area (Å²) in [5.74, 6) is -3.52. The number of phenols is 2. The van der Waals surface area contributed by atoms with Crippen LogP contribution < -0.4 is 10.1 Å². The van der Waals surface area contributed by atoms with E-state index in [2.05, 4.69) is 5.32 Å². The molecule has 41 heavy (non-hydrogen) atoms. The number of methoxy groups -OCH3 is 1. The van der Waals surface area contributed by atoms with Crippen LogP contribution in [0.15, 0.2) is 18.2 Å². The number of ketones is 3. The van der Waals surface area contributed by atoms with Gasteiger partial charge in [-0.05, 0) is 38.8 Å². The van der Waals surface area contributed by atoms with E-state index < -0.39 is 66.0 Å². The Labute approximate surface area is 237 Å². The van der Waals surface area contributed by atoms with Crippen molar-refractivity contribution in [1.82, 2.24) is 5.32 Å². The number of phenolic OH excluding ortho intramolecular Hbond substituents is 2. The third kappa shape index (κ3) is 4.91. The minimum absolute atomic E-state index is 0.0213. The van der Waals surface area contributed by atoms with Crippen molar-refractivity contribution in [3.8, 4) is 17.2 Å². The minimum atomic E-state index is -1.03. The van der Waals surface area contributed by atoms with Crippen molar-refractivity contribution in [3.63, 3.8) is 0 Å². The fourth-order valence-corrected chi connectivity index (χ4v) is 6.23. The Morgan fingerprint density at radius 1 is 1.10 bits per heavy atom. The van der Waals surface area contributed by atoms with Gasteiger partial charge in [-0.1, -0.05) is 19.1 Å². The van der Waals surface area contributed by atoms with Gasteiger partial charge in [-0.2, -0.15) is 0 Å². The maximum absolute atomic E-state index is 13.7. The number of fused-ring (bicyclic) bond motifs is 3. The Morgan fingerprint density at radius 3 is 2.51 bits per heavy atom. The maximum Gasteiger partial charge on any atom is 0.202 e. The summed E-state index contributed by atoms with van der Waals surface area (Å²) in [6, 6.07) is 4.18. The first-order valence-corrected chi connectivity index (χ1v) is 13.9. The van der Waals surface area contributed by atoms with Gasteiger partial charge < -0.3 is 40.0 Å². The fraction of sp³-hybridized carbons (Fsp3) is 0.500. The van der Waals surface area contributed by atoms with Crippen molar-refractivity contribution >= 4 is 17.3 Å². The number of benzene rings is 2. The molecule has 2 aromatic carbocycles. The molecular weight excluding hydrogens is 534 g/mol. The number of rotatable bonds is 8. The average molecular weight is 570 g/mol. The van der Waals surface area contributed by atoms with Crippen molar-refractivity contribution < 1.29 is 49.0 Å². The second-order valence-electron chi connectivity index (χ2n) is 10.8. The Hall–Kier alpha value is -3.35. The van der Waals surface area contributed by atoms with Crippen LogP contribution in [0.3, 0.4) is 0 Å². The summed E-state index contributed by atoms with van der Waals surface area (Å²) in [4.78, 5) is 40.0. The zero-order valence-electron chi connectivity index (χ0n) is 23.2. The van der Waals surface area contributed by atoms with E-state index in [-0.39, 0.29) is 64.4 Å². The lowest BCUT2D eigenvalue weighted by atomic mass is 9.73. The number of hydrogen-bond acceptors (Lipinski definition) is 11. The van der Waals surface area contributed by atoms with Gasteiger partial charge >= 0.3 is 0 Å². The number of aliphatic hydroxyl groups is 2. The molecule has 0 saturated carbocycles. The molecule has 11 heteroatoms. The van der Waals surface area contributed by atoms with E-state index in [9.17, 15) is 34.8 Å². The number of nitrogens with one attached hydrogen (secondary N) is 1. The molecule has 0 bridgehead atoms. The molecule has 0 amide bonds. The average Bonchev–Trinajstić information content (AvgIpc) is 2.97. The number of hydrogen-bond donors (Lipinski definition) is 5. The Morgan fingerprint density at radius 2 is 1.83 bits per heavy atom. The van der Waals surface area contributed by atoms with Gasteiger partial charge in [-0.15, -0.1) is 0 Å². The lowest BCUT2D eigenvalue weighted by Gasteiger charge is -2.41. The summed E-state index contributed by atoms with van der Waals surface area (Å²) < 4.78 is 17.5. The summed E-state index contributed by atoms with van der Waals surface area (Å²) in [5, 5.41) is 46.5. The minimum Gasteiger partial charge on any atom is -0.507 e. The van der Waals surface area contributed by atoms with Crippen LogP contribution in [-0.2, 0) is 20.7 Å². The highest BCUT2D eigenvalue weighted by Gasteiger charge is 2.45. The lowest BCUT2D eigenvalue weighted by molar-refractivity contribution is -0.246. The Kier molecular flexibility index (Phi) is 8.18. The second kappa shape index (κ2) is 11.5. The first-order chi connectivity index (χ1) is 19.6. The molecule has 3 aliphatic rings. The third-order valence-corrected chi connectivity index (χ3v) is 8.32. The van der Waals surface area contributed by atoms with Crippen LogP contribution in [-0.4, -0.2) is 82.6 Å². The molecule has 11 nitrogen and oxygen atoms in total. The zero-order valence-corrected chi connectivity index (χ0v) is 23.2. The molecule has 0 radical (unpaired) electrons. The van der Waals surface area contributed by atoms with Crippen LogP contribution in [0.1, 0.15) is 82.2 Å². The molecule has 5 N–H and O–H groups in total. The van der Waals surface area contributed by atoms with Crippen LogP contribution in [0.5, 0.6) is 17.2 Å². The number of carbonyl (C=O) groups excluding carboxylic acids is 3. The number of ether oxygens (including phenoxy) is 3. The molecule has 2 aromatic rings. The second-order valence-corrected chi connectivity index (χ2v) is 10.8. The maximum atomic E-state index is 13.7. The summed E-state index contributed by atoms with van der Waals surface area (Å²) in [7, 11) is 1.36. The topological polar surface area (TPSA) is 172 Å². The molecule has 0 spiro atoms. The number of Topliss-reactive ketones (excluding diaryl/α,β-unsaturated/α-hetero) is 1. The number of carbonyl (C=O) groups is 3. The van der Waals surface area contributed by atoms with Crippen LogP contribution in [0.25, 0.3) is 0 Å². The van der Waals surface area contributed by atoms with E-state index in [4.69, 9.17) is 14.2 Å². The van der Waals surface area contributed by atoms with E-state index in [0.717, 1.165) is 6.42 Å². The Bertz CT molecular complexity index is 1390. The van der Waals surface area contributed by atoms with Gasteiger partial charge in [0.05, 0.1) is 42.1 Å². The SMILES string of the molecule is CCCNC1CC(OC2CC(C(=O)CO)Cc3c(O)c4c(c(O)c32)C(=O)c2c(OC)cccc2C4=O)OC(C)C1O. The smallest absolute Gasteiger partial charge is 0.202 e. The van der Waals surface area contributed by atoms with Gasteiger partial charge in [-0.3, -0.25) is 14.4 Å². The fourth-order valence-electron chi connectivity index (χ4n) is 6.23. The lowest BCUT2D eigenvalue weighted by Crippen LogP contribution is -2.54. The van der Waals surface area contributed by atoms with Gasteiger partial charge in [0, 0.05) is 35.1 Å². The van der Waals surface area contributed by atoms with Gasteiger partial charge in [0.25, 0.3) is 0 Å². The standard InChI is InChI=1S/C30H35NO10/c1-4-8-31-17-11-21(40-13(2)26(17)34)41-20-10-14(18(33)12-32)9-16-23(20)30(38)25-24(28(16)36)27(35)15-6-5-7-19(39-3)22(15)29(25)37/h5-7,13-14,17,20-21,26,31-32,34,36,38H,4,8-12H2,1-3H3. The van der Waals surface area contributed by atoms with Crippen LogP contribution in [0.2, 0.25) is 0 Å². The highest BCUT2D eigenvalue weighted by molar-refractivity contribution is 6.31. The summed E-state index contributed by atoms with van der Waals surface area (Å²) in [6.45, 7) is 3.65. The molecule has 0 aromatic heterocycles. The van der Waals surface area contributed by atoms with Crippen LogP contribution in [0, 0.1) is 5.92 Å². The number of aromatic hydroxyl groups is 2. The molecule has 6 atom stereocenters. The van der Waals surface area contributed by atoms with Crippen molar-refractivity contribution in [2.45, 2.75) is 70.2 Å². The molecule has 1 aliphatic heterocycles. The van der Waals surface area contributed by atoms with Crippen LogP contribution in [0.4, 0.5) is 0 Å². The summed E-state index contributed by atoms with van der Waals surface area (Å²) >= 11 is 0. The van der Waals surface area contributed by atoms with Gasteiger partial charge in [0.2, 0.25) is 5.78 Å². The third-order valence-electron chi connectivity index (χ3n) is 8.32. The molecule has 1 saturated heterocycles. The molecule has 5 rings (SSSR count). The first kappa shape index (κ1) is 29.2. The normalized spacial score (nSPS) is 27.1. The predicted molar refractivity (Wildman–Crippen MR) is 144 cm³/mol. The van der Waals surface area contributed by atoms with Crippen molar-refractivity contribution in [2.75, 3.05) is 20.3 Å². The monoisotopic (exact) mass is 569 g/mol. The highest BCUT2D eigenvalue weighted by atomic mass is 16.7. The molecule has 1 fully saturated rings. The molecule has 6 unspecified atom stereocenters. The Balaban J connectivity index is 1.60. The van der Waals surface area contributed by atoms with Gasteiger partial charge in [0.15, 0.2) is 17.9 Å². The van der Waals surface area contributed by atoms with E-state index in [1.165, 1.54) is 19.2 Å². The van der Waals surface area contributed by atoms with E-state index in [1.807, 2.05) is 6.92 Å². The molecule has 1 heterocycles. The van der Waals surface area contributed by atoms with E-state index in [0.29, 0.717) is 6.54 Å². The van der Waals surface area contributed by atoms with Gasteiger partial charge in [-0.25, -0.2) is 0 Å². The van der Waals surface area contributed by atoms with E-state index >= 15 is 0 Å². The van der Waals surface area contributed by atoms with Crippen molar-refractivity contribution in [2.24, 2.45) is 5.92 Å². The van der Waals surface area contributed by atoms with Crippen molar-refractivity contribution in [1.29, 1.82) is 0 Å². The predicted octanol–water partition coefficient (Wildman–Crippen LogP) is 1.93. The quantitative estimate of drug-likeness (QED) is 0.251. The molecule has 2 aliphatic carbocycles. The summed E-state index contributed by atoms with van der Waals surface area (Å²) in [5.41, 5.74) is -0.523. The van der Waals surface area contributed by atoms with Gasteiger partial charge in [0.1, 0.15) is 23.9 Å².